The normalized spacial score (nSPS) is 25.0. The molecule has 15 aliphatic rings. The molecule has 0 radical (unpaired) electrons. The van der Waals surface area contributed by atoms with Crippen molar-refractivity contribution in [3.05, 3.63) is 452 Å². The number of benzene rings is 18. The lowest BCUT2D eigenvalue weighted by Gasteiger charge is -2.61. The Morgan fingerprint density at radius 3 is 0.908 bits per heavy atom. The van der Waals surface area contributed by atoms with Crippen LogP contribution in [0.15, 0.2) is 423 Å². The number of hydrogen-bond donors (Lipinski definition) is 0. The molecule has 0 atom stereocenters. The summed E-state index contributed by atoms with van der Waals surface area (Å²) in [5.74, 6) is 10.00. The fraction of sp³-hybridized carbons (Fsp3) is 0.221. The van der Waals surface area contributed by atoms with Crippen LogP contribution in [0.4, 0.5) is 51.2 Å². The summed E-state index contributed by atoms with van der Waals surface area (Å²) in [6, 6.07) is 157. The summed E-state index contributed by atoms with van der Waals surface area (Å²) in [4.78, 5) is 7.57. The third kappa shape index (κ3) is 12.6. The number of anilines is 9. The molecule has 2 aromatic heterocycles. The highest BCUT2D eigenvalue weighted by molar-refractivity contribution is 7.25. The van der Waals surface area contributed by atoms with E-state index in [0.717, 1.165) is 98.6 Å². The quantitative estimate of drug-likeness (QED) is 0.122. The van der Waals surface area contributed by atoms with E-state index in [1.165, 1.54) is 240 Å². The average molecular weight is 1840 g/mol. The van der Waals surface area contributed by atoms with Crippen LogP contribution in [0.2, 0.25) is 0 Å². The predicted octanol–water partition coefficient (Wildman–Crippen LogP) is 37.1. The number of hydrogen-bond acceptors (Lipinski definition) is 5. The van der Waals surface area contributed by atoms with Crippen molar-refractivity contribution in [2.24, 2.45) is 71.0 Å². The molecular weight excluding hydrogens is 1720 g/mol. The molecule has 0 saturated heterocycles. The summed E-state index contributed by atoms with van der Waals surface area (Å²) in [6.07, 6.45) is 21.1. The molecule has 0 unspecified atom stereocenters. The maximum atomic E-state index is 6.47. The molecule has 12 bridgehead atoms. The van der Waals surface area contributed by atoms with Crippen molar-refractivity contribution in [3.8, 4) is 66.8 Å². The van der Waals surface area contributed by atoms with Gasteiger partial charge in [0.25, 0.3) is 0 Å². The molecule has 0 amide bonds. The van der Waals surface area contributed by atoms with E-state index in [1.807, 2.05) is 11.3 Å². The van der Waals surface area contributed by atoms with Gasteiger partial charge in [0.05, 0.1) is 17.1 Å². The molecule has 0 aliphatic heterocycles. The van der Waals surface area contributed by atoms with Crippen molar-refractivity contribution in [2.45, 2.75) is 113 Å². The van der Waals surface area contributed by atoms with Crippen molar-refractivity contribution in [1.29, 1.82) is 0 Å². The molecule has 20 aromatic rings. The number of fused-ring (bicyclic) bond motifs is 16. The van der Waals surface area contributed by atoms with Crippen molar-refractivity contribution >= 4 is 115 Å². The van der Waals surface area contributed by atoms with E-state index in [-0.39, 0.29) is 16.2 Å². The van der Waals surface area contributed by atoms with Crippen LogP contribution in [0.5, 0.6) is 0 Å². The molecule has 0 N–H and O–H groups in total. The largest absolute Gasteiger partial charge is 0.456 e. The Morgan fingerprint density at radius 1 is 0.191 bits per heavy atom. The van der Waals surface area contributed by atoms with Gasteiger partial charge in [-0.25, -0.2) is 0 Å². The van der Waals surface area contributed by atoms with Crippen molar-refractivity contribution in [3.63, 3.8) is 0 Å². The number of rotatable bonds is 12. The Balaban J connectivity index is 0.0000000992. The summed E-state index contributed by atoms with van der Waals surface area (Å²) in [7, 11) is 0. The second kappa shape index (κ2) is 32.3. The van der Waals surface area contributed by atoms with Gasteiger partial charge in [-0.1, -0.05) is 309 Å². The Hall–Kier alpha value is -14.4. The van der Waals surface area contributed by atoms with Gasteiger partial charge in [-0.3, -0.25) is 0 Å². The highest BCUT2D eigenvalue weighted by Crippen LogP contribution is 2.74. The summed E-state index contributed by atoms with van der Waals surface area (Å²) in [5.41, 5.74) is 39.0. The van der Waals surface area contributed by atoms with Gasteiger partial charge >= 0.3 is 0 Å². The van der Waals surface area contributed by atoms with Gasteiger partial charge in [-0.05, 0) is 365 Å². The SMILES string of the molecule is c1ccc(-c2ccccc2N(c2ccc3c(c2)C2(c4ccccc4-3)C3CC4CC(C3)CC2C4)c2ccc3c(c2)oc2ccccc23)cc1.c1ccc(-c2ccccc2N(c2ccc3c(c2)C2(c4ccccc4-3)C3CC4CC(C3)CC2C4)c2ccc3c(c2)sc2ccccc23)cc1.c1ccc(-c2ccccc2N(c2ccc3c(c2)C2(c4ccccc4-3)C3CC4CC(C3)CC2C4)c2ccc3ccccc3c2)cc1. The molecule has 15 aliphatic carbocycles. The van der Waals surface area contributed by atoms with Crippen LogP contribution in [0.3, 0.4) is 0 Å². The van der Waals surface area contributed by atoms with Crippen LogP contribution >= 0.6 is 11.3 Å². The van der Waals surface area contributed by atoms with Crippen LogP contribution in [-0.4, -0.2) is 0 Å². The zero-order valence-electron chi connectivity index (χ0n) is 79.5. The standard InChI is InChI=1S/C46H37NO.C46H37NS.C44H37N/c2*1-2-10-31(11-3-1)36-12-5-8-16-43(36)47(35-19-21-40-39-14-6-9-17-44(39)48-45(40)28-35)34-18-20-38-37-13-4-7-15-41(37)46(42(38)27-34)32-23-29-22-30(25-32)26-33(46)24-29;1-2-11-32(12-3-1)38-14-7-9-17-43(38)45(36-19-18-31-10-4-5-13-33(31)27-36)37-20-21-40-39-15-6-8-16-41(39)44(42(40)28-37)34-23-29-22-30(25-34)26-35(44)24-29/h2*1-21,27-30,32-33H,22-26H2;1-21,27-30,34-35H,22-26H2. The third-order valence-electron chi connectivity index (χ3n) is 37.3. The third-order valence-corrected chi connectivity index (χ3v) is 38.4. The lowest BCUT2D eigenvalue weighted by atomic mass is 9.43. The average Bonchev–Trinajstić information content (AvgIpc) is 1.54. The first kappa shape index (κ1) is 82.5. The molecule has 35 rings (SSSR count). The van der Waals surface area contributed by atoms with Gasteiger partial charge in [0, 0.05) is 104 Å². The van der Waals surface area contributed by atoms with E-state index in [9.17, 15) is 0 Å². The Morgan fingerprint density at radius 2 is 0.482 bits per heavy atom. The minimum atomic E-state index is 0.114. The minimum Gasteiger partial charge on any atom is -0.456 e. The Kier molecular flexibility index (Phi) is 18.9. The van der Waals surface area contributed by atoms with E-state index in [2.05, 4.69) is 433 Å². The van der Waals surface area contributed by atoms with E-state index in [4.69, 9.17) is 4.42 Å². The first-order chi connectivity index (χ1) is 69.8. The van der Waals surface area contributed by atoms with E-state index in [1.54, 1.807) is 33.4 Å². The van der Waals surface area contributed by atoms with Gasteiger partial charge < -0.3 is 19.1 Å². The van der Waals surface area contributed by atoms with Gasteiger partial charge in [0.1, 0.15) is 11.2 Å². The fourth-order valence-corrected chi connectivity index (χ4v) is 33.9. The van der Waals surface area contributed by atoms with E-state index < -0.39 is 0 Å². The number of thiophene rings is 1. The van der Waals surface area contributed by atoms with Crippen LogP contribution in [-0.2, 0) is 16.2 Å². The molecule has 141 heavy (non-hydrogen) atoms. The zero-order chi connectivity index (χ0) is 92.3. The molecule has 682 valence electrons. The summed E-state index contributed by atoms with van der Waals surface area (Å²) >= 11 is 1.90. The molecule has 3 spiro atoms. The maximum absolute atomic E-state index is 6.47. The number of nitrogens with zero attached hydrogens (tertiary/aromatic N) is 3. The van der Waals surface area contributed by atoms with Gasteiger partial charge in [0.15, 0.2) is 0 Å². The second-order valence-electron chi connectivity index (χ2n) is 44.1. The summed E-state index contributed by atoms with van der Waals surface area (Å²) in [6.45, 7) is 0. The predicted molar refractivity (Wildman–Crippen MR) is 587 cm³/mol. The summed E-state index contributed by atoms with van der Waals surface area (Å²) < 4.78 is 9.16. The topological polar surface area (TPSA) is 22.9 Å². The molecular formula is C136H111N3OS. The first-order valence-electron chi connectivity index (χ1n) is 52.7. The molecule has 18 aromatic carbocycles. The lowest BCUT2D eigenvalue weighted by Crippen LogP contribution is -2.55. The van der Waals surface area contributed by atoms with Crippen molar-refractivity contribution in [1.82, 2.24) is 0 Å². The number of para-hydroxylation sites is 4. The fourth-order valence-electron chi connectivity index (χ4n) is 32.7. The van der Waals surface area contributed by atoms with Gasteiger partial charge in [-0.15, -0.1) is 11.3 Å². The van der Waals surface area contributed by atoms with Crippen LogP contribution in [0.25, 0.3) is 120 Å². The van der Waals surface area contributed by atoms with Crippen LogP contribution < -0.4 is 14.7 Å². The molecule has 2 heterocycles. The molecule has 12 saturated carbocycles. The number of furan rings is 1. The molecule has 5 heteroatoms. The van der Waals surface area contributed by atoms with Crippen molar-refractivity contribution in [2.75, 3.05) is 14.7 Å². The highest BCUT2D eigenvalue weighted by Gasteiger charge is 2.65. The monoisotopic (exact) mass is 1830 g/mol. The lowest BCUT2D eigenvalue weighted by molar-refractivity contribution is -0.0399. The van der Waals surface area contributed by atoms with Crippen molar-refractivity contribution < 1.29 is 4.42 Å². The van der Waals surface area contributed by atoms with Gasteiger partial charge in [0.2, 0.25) is 0 Å². The van der Waals surface area contributed by atoms with Crippen LogP contribution in [0, 0.1) is 71.0 Å². The van der Waals surface area contributed by atoms with E-state index in [0.29, 0.717) is 0 Å². The van der Waals surface area contributed by atoms with Crippen LogP contribution in [0.1, 0.15) is 130 Å². The maximum Gasteiger partial charge on any atom is 0.137 e. The second-order valence-corrected chi connectivity index (χ2v) is 45.2. The van der Waals surface area contributed by atoms with E-state index >= 15 is 0 Å². The molecule has 12 fully saturated rings. The Labute approximate surface area is 830 Å². The first-order valence-corrected chi connectivity index (χ1v) is 53.5. The summed E-state index contributed by atoms with van der Waals surface area (Å²) in [5, 5.41) is 7.54. The Bertz CT molecular complexity index is 7980. The molecule has 4 nitrogen and oxygen atoms in total. The smallest absolute Gasteiger partial charge is 0.137 e. The highest BCUT2D eigenvalue weighted by atomic mass is 32.1. The van der Waals surface area contributed by atoms with Gasteiger partial charge in [-0.2, -0.15) is 0 Å². The minimum absolute atomic E-state index is 0.114. The zero-order valence-corrected chi connectivity index (χ0v) is 80.3.